The van der Waals surface area contributed by atoms with Crippen molar-refractivity contribution in [1.29, 1.82) is 0 Å². The monoisotopic (exact) mass is 423 g/mol. The van der Waals surface area contributed by atoms with Gasteiger partial charge in [0, 0.05) is 24.3 Å². The van der Waals surface area contributed by atoms with Gasteiger partial charge in [0.2, 0.25) is 11.7 Å². The number of likely N-dealkylation sites (tertiary alicyclic amines) is 1. The first-order chi connectivity index (χ1) is 13.9. The standard InChI is InChI=1S/C20H25NO7S/c1-25-15-9-13(10-16(26-2)20(15)28-4)5-6-17(22)21-8-7-14(11-18(21)23)29-12-19(24)27-3/h5-6,9-10,14H,7-8,11-12H2,1-4H3/b6-5+. The summed E-state index contributed by atoms with van der Waals surface area (Å²) in [5, 5.41) is 0.00439. The van der Waals surface area contributed by atoms with E-state index in [1.807, 2.05) is 0 Å². The summed E-state index contributed by atoms with van der Waals surface area (Å²) in [4.78, 5) is 37.3. The molecule has 1 aromatic carbocycles. The van der Waals surface area contributed by atoms with Gasteiger partial charge in [-0.25, -0.2) is 0 Å². The summed E-state index contributed by atoms with van der Waals surface area (Å²) in [5.74, 6) is 0.633. The Morgan fingerprint density at radius 1 is 1.14 bits per heavy atom. The van der Waals surface area contributed by atoms with Gasteiger partial charge in [-0.15, -0.1) is 11.8 Å². The van der Waals surface area contributed by atoms with Gasteiger partial charge in [0.1, 0.15) is 0 Å². The van der Waals surface area contributed by atoms with Gasteiger partial charge in [0.05, 0.1) is 34.2 Å². The summed E-state index contributed by atoms with van der Waals surface area (Å²) in [6, 6.07) is 3.42. The van der Waals surface area contributed by atoms with Gasteiger partial charge in [-0.3, -0.25) is 19.3 Å². The van der Waals surface area contributed by atoms with Gasteiger partial charge in [-0.2, -0.15) is 0 Å². The minimum absolute atomic E-state index is 0.00439. The fourth-order valence-corrected chi connectivity index (χ4v) is 3.90. The third-order valence-electron chi connectivity index (χ3n) is 4.41. The van der Waals surface area contributed by atoms with Gasteiger partial charge in [0.15, 0.2) is 11.5 Å². The maximum absolute atomic E-state index is 12.5. The molecule has 1 unspecified atom stereocenters. The maximum atomic E-state index is 12.5. The number of imide groups is 1. The Hall–Kier alpha value is -2.68. The summed E-state index contributed by atoms with van der Waals surface area (Å²) < 4.78 is 20.5. The molecule has 0 aliphatic carbocycles. The van der Waals surface area contributed by atoms with E-state index >= 15 is 0 Å². The number of methoxy groups -OCH3 is 4. The largest absolute Gasteiger partial charge is 0.493 e. The lowest BCUT2D eigenvalue weighted by Gasteiger charge is -2.29. The summed E-state index contributed by atoms with van der Waals surface area (Å²) in [6.45, 7) is 0.316. The zero-order chi connectivity index (χ0) is 21.4. The van der Waals surface area contributed by atoms with Crippen molar-refractivity contribution in [2.24, 2.45) is 0 Å². The first-order valence-electron chi connectivity index (χ1n) is 8.94. The predicted octanol–water partition coefficient (Wildman–Crippen LogP) is 2.15. The lowest BCUT2D eigenvalue weighted by molar-refractivity contribution is -0.143. The van der Waals surface area contributed by atoms with E-state index in [1.54, 1.807) is 18.2 Å². The highest BCUT2D eigenvalue weighted by Crippen LogP contribution is 2.38. The number of hydrogen-bond acceptors (Lipinski definition) is 8. The van der Waals surface area contributed by atoms with Crippen molar-refractivity contribution >= 4 is 35.6 Å². The summed E-state index contributed by atoms with van der Waals surface area (Å²) in [6.07, 6.45) is 3.79. The second-order valence-corrected chi connectivity index (χ2v) is 7.47. The quantitative estimate of drug-likeness (QED) is 0.464. The van der Waals surface area contributed by atoms with Gasteiger partial charge < -0.3 is 18.9 Å². The first-order valence-corrected chi connectivity index (χ1v) is 9.99. The van der Waals surface area contributed by atoms with Crippen molar-refractivity contribution in [3.63, 3.8) is 0 Å². The van der Waals surface area contributed by atoms with Crippen LogP contribution in [0.1, 0.15) is 18.4 Å². The van der Waals surface area contributed by atoms with Crippen molar-refractivity contribution in [2.75, 3.05) is 40.7 Å². The molecular formula is C20H25NO7S. The molecule has 1 aromatic rings. The van der Waals surface area contributed by atoms with Crippen LogP contribution in [-0.2, 0) is 19.1 Å². The van der Waals surface area contributed by atoms with Crippen molar-refractivity contribution < 1.29 is 33.3 Å². The lowest BCUT2D eigenvalue weighted by Crippen LogP contribution is -2.43. The second kappa shape index (κ2) is 10.8. The average Bonchev–Trinajstić information content (AvgIpc) is 2.74. The number of nitrogens with zero attached hydrogens (tertiary/aromatic N) is 1. The smallest absolute Gasteiger partial charge is 0.315 e. The fraction of sp³-hybridized carbons (Fsp3) is 0.450. The van der Waals surface area contributed by atoms with E-state index in [2.05, 4.69) is 4.74 Å². The van der Waals surface area contributed by atoms with Crippen LogP contribution in [0.5, 0.6) is 17.2 Å². The lowest BCUT2D eigenvalue weighted by atomic mass is 10.1. The van der Waals surface area contributed by atoms with Crippen LogP contribution in [-0.4, -0.2) is 68.7 Å². The highest BCUT2D eigenvalue weighted by atomic mass is 32.2. The van der Waals surface area contributed by atoms with Gasteiger partial charge >= 0.3 is 5.97 Å². The number of carbonyl (C=O) groups is 3. The Morgan fingerprint density at radius 3 is 2.31 bits per heavy atom. The highest BCUT2D eigenvalue weighted by molar-refractivity contribution is 8.00. The van der Waals surface area contributed by atoms with E-state index < -0.39 is 0 Å². The molecule has 1 fully saturated rings. The van der Waals surface area contributed by atoms with Gasteiger partial charge in [-0.05, 0) is 30.2 Å². The molecule has 0 N–H and O–H groups in total. The van der Waals surface area contributed by atoms with Crippen LogP contribution in [0.2, 0.25) is 0 Å². The SMILES string of the molecule is COC(=O)CSC1CCN(C(=O)/C=C/c2cc(OC)c(OC)c(OC)c2)C(=O)C1. The average molecular weight is 423 g/mol. The number of rotatable bonds is 8. The van der Waals surface area contributed by atoms with Crippen LogP contribution in [0.4, 0.5) is 0 Å². The van der Waals surface area contributed by atoms with E-state index in [-0.39, 0.29) is 35.2 Å². The molecule has 29 heavy (non-hydrogen) atoms. The molecule has 1 heterocycles. The van der Waals surface area contributed by atoms with E-state index in [4.69, 9.17) is 14.2 Å². The van der Waals surface area contributed by atoms with Crippen molar-refractivity contribution in [3.8, 4) is 17.2 Å². The molecule has 2 rings (SSSR count). The predicted molar refractivity (Wildman–Crippen MR) is 109 cm³/mol. The molecule has 0 aromatic heterocycles. The molecule has 9 heteroatoms. The highest BCUT2D eigenvalue weighted by Gasteiger charge is 2.29. The number of amides is 2. The Balaban J connectivity index is 2.02. The minimum atomic E-state index is -0.389. The van der Waals surface area contributed by atoms with Crippen LogP contribution >= 0.6 is 11.8 Å². The molecule has 0 radical (unpaired) electrons. The van der Waals surface area contributed by atoms with Crippen molar-refractivity contribution in [2.45, 2.75) is 18.1 Å². The summed E-state index contributed by atoms with van der Waals surface area (Å²) in [5.41, 5.74) is 0.670. The first kappa shape index (κ1) is 22.6. The molecule has 8 nitrogen and oxygen atoms in total. The third kappa shape index (κ3) is 5.90. The number of carbonyl (C=O) groups excluding carboxylic acids is 3. The van der Waals surface area contributed by atoms with E-state index in [9.17, 15) is 14.4 Å². The van der Waals surface area contributed by atoms with Crippen LogP contribution in [0.25, 0.3) is 6.08 Å². The molecule has 1 aliphatic rings. The van der Waals surface area contributed by atoms with Crippen LogP contribution in [0, 0.1) is 0 Å². The van der Waals surface area contributed by atoms with Crippen LogP contribution < -0.4 is 14.2 Å². The van der Waals surface area contributed by atoms with E-state index in [0.717, 1.165) is 0 Å². The fourth-order valence-electron chi connectivity index (χ4n) is 2.88. The molecule has 2 amide bonds. The molecule has 0 saturated carbocycles. The van der Waals surface area contributed by atoms with Gasteiger partial charge in [0.25, 0.3) is 5.91 Å². The van der Waals surface area contributed by atoms with Crippen LogP contribution in [0.15, 0.2) is 18.2 Å². The molecule has 1 saturated heterocycles. The zero-order valence-corrected chi connectivity index (χ0v) is 17.7. The number of piperidine rings is 1. The second-order valence-electron chi connectivity index (χ2n) is 6.18. The Bertz CT molecular complexity index is 768. The number of benzene rings is 1. The maximum Gasteiger partial charge on any atom is 0.315 e. The zero-order valence-electron chi connectivity index (χ0n) is 16.9. The molecule has 0 spiro atoms. The minimum Gasteiger partial charge on any atom is -0.493 e. The van der Waals surface area contributed by atoms with Crippen molar-refractivity contribution in [1.82, 2.24) is 4.90 Å². The van der Waals surface area contributed by atoms with E-state index in [1.165, 1.54) is 51.2 Å². The molecule has 1 aliphatic heterocycles. The van der Waals surface area contributed by atoms with Crippen molar-refractivity contribution in [3.05, 3.63) is 23.8 Å². The topological polar surface area (TPSA) is 91.4 Å². The Labute approximate surface area is 174 Å². The molecule has 0 bridgehead atoms. The number of thioether (sulfide) groups is 1. The molecule has 158 valence electrons. The number of hydrogen-bond donors (Lipinski definition) is 0. The third-order valence-corrected chi connectivity index (χ3v) is 5.69. The van der Waals surface area contributed by atoms with E-state index in [0.29, 0.717) is 35.8 Å². The van der Waals surface area contributed by atoms with Gasteiger partial charge in [-0.1, -0.05) is 0 Å². The summed E-state index contributed by atoms with van der Waals surface area (Å²) >= 11 is 1.38. The normalized spacial score (nSPS) is 16.6. The summed E-state index contributed by atoms with van der Waals surface area (Å²) in [7, 11) is 5.86. The Kier molecular flexibility index (Phi) is 8.38. The number of esters is 1. The Morgan fingerprint density at radius 2 is 1.79 bits per heavy atom. The molecule has 1 atom stereocenters. The molecular weight excluding hydrogens is 398 g/mol. The number of ether oxygens (including phenoxy) is 4. The van der Waals surface area contributed by atoms with Crippen LogP contribution in [0.3, 0.4) is 0 Å².